The molecule has 0 aromatic carbocycles. The van der Waals surface area contributed by atoms with E-state index in [9.17, 15) is 24.2 Å². The summed E-state index contributed by atoms with van der Waals surface area (Å²) in [6.45, 7) is 2.29. The van der Waals surface area contributed by atoms with Crippen LogP contribution >= 0.6 is 7.82 Å². The minimum absolute atomic E-state index is 0.166. The molecule has 0 bridgehead atoms. The molecule has 0 aromatic rings. The number of aliphatic hydroxyl groups is 2. The van der Waals surface area contributed by atoms with Crippen molar-refractivity contribution in [3.8, 4) is 0 Å². The molecule has 0 fully saturated rings. The van der Waals surface area contributed by atoms with Gasteiger partial charge in [0.25, 0.3) is 0 Å². The molecule has 0 aliphatic carbocycles. The number of unbranched alkanes of at least 4 members (excludes halogenated alkanes) is 17. The SMILES string of the molecule is CCCC/C=C\C/C=C\CCCCCCCC(=O)OC(COC(=O)CCCCCCC/C=C\CCCCCCC)COP(=O)(O)OCC(O)CO. The zero-order valence-corrected chi connectivity index (χ0v) is 33.0. The normalized spacial score (nSPS) is 14.4. The second kappa shape index (κ2) is 36.5. The van der Waals surface area contributed by atoms with Crippen molar-refractivity contribution < 1.29 is 47.8 Å². The highest BCUT2D eigenvalue weighted by Crippen LogP contribution is 2.43. The topological polar surface area (TPSA) is 149 Å². The van der Waals surface area contributed by atoms with Crippen LogP contribution in [-0.2, 0) is 32.7 Å². The lowest BCUT2D eigenvalue weighted by Gasteiger charge is -2.20. The first-order valence-corrected chi connectivity index (χ1v) is 21.4. The maximum Gasteiger partial charge on any atom is 0.472 e. The Bertz CT molecular complexity index is 952. The lowest BCUT2D eigenvalue weighted by atomic mass is 10.1. The summed E-state index contributed by atoms with van der Waals surface area (Å²) in [7, 11) is -4.62. The van der Waals surface area contributed by atoms with Gasteiger partial charge < -0.3 is 24.6 Å². The van der Waals surface area contributed by atoms with Gasteiger partial charge in [-0.3, -0.25) is 18.6 Å². The monoisotopic (exact) mass is 744 g/mol. The van der Waals surface area contributed by atoms with Gasteiger partial charge in [-0.1, -0.05) is 127 Å². The number of phosphoric acid groups is 1. The van der Waals surface area contributed by atoms with Gasteiger partial charge in [0.2, 0.25) is 0 Å². The van der Waals surface area contributed by atoms with E-state index in [1.165, 1.54) is 44.9 Å². The van der Waals surface area contributed by atoms with Crippen LogP contribution in [-0.4, -0.2) is 65.7 Å². The summed E-state index contributed by atoms with van der Waals surface area (Å²) < 4.78 is 32.6. The van der Waals surface area contributed by atoms with Gasteiger partial charge in [0.05, 0.1) is 19.8 Å². The zero-order chi connectivity index (χ0) is 37.7. The lowest BCUT2D eigenvalue weighted by molar-refractivity contribution is -0.161. The van der Waals surface area contributed by atoms with Gasteiger partial charge in [0, 0.05) is 12.8 Å². The van der Waals surface area contributed by atoms with E-state index in [1.807, 2.05) is 0 Å². The Balaban J connectivity index is 4.39. The molecule has 0 radical (unpaired) electrons. The van der Waals surface area contributed by atoms with Crippen molar-refractivity contribution in [3.05, 3.63) is 36.5 Å². The Morgan fingerprint density at radius 1 is 0.588 bits per heavy atom. The van der Waals surface area contributed by atoms with Crippen molar-refractivity contribution in [2.45, 2.75) is 180 Å². The number of allylic oxidation sites excluding steroid dienone is 6. The number of aliphatic hydroxyl groups excluding tert-OH is 2. The van der Waals surface area contributed by atoms with Gasteiger partial charge in [-0.25, -0.2) is 4.57 Å². The molecule has 3 N–H and O–H groups in total. The number of hydrogen-bond acceptors (Lipinski definition) is 9. The number of carbonyl (C=O) groups is 2. The number of carbonyl (C=O) groups excluding carboxylic acids is 2. The van der Waals surface area contributed by atoms with Gasteiger partial charge in [-0.2, -0.15) is 0 Å². The average molecular weight is 745 g/mol. The molecule has 11 heteroatoms. The van der Waals surface area contributed by atoms with Gasteiger partial charge in [-0.05, 0) is 64.2 Å². The Morgan fingerprint density at radius 3 is 1.59 bits per heavy atom. The average Bonchev–Trinajstić information content (AvgIpc) is 3.12. The Morgan fingerprint density at radius 2 is 1.04 bits per heavy atom. The fourth-order valence-corrected chi connectivity index (χ4v) is 5.91. The molecule has 0 saturated heterocycles. The zero-order valence-electron chi connectivity index (χ0n) is 32.1. The van der Waals surface area contributed by atoms with E-state index in [1.54, 1.807) is 0 Å². The van der Waals surface area contributed by atoms with Gasteiger partial charge in [0.1, 0.15) is 12.7 Å². The molecule has 3 unspecified atom stereocenters. The molecule has 10 nitrogen and oxygen atoms in total. The highest BCUT2D eigenvalue weighted by Gasteiger charge is 2.27. The molecule has 298 valence electrons. The summed E-state index contributed by atoms with van der Waals surface area (Å²) in [6.07, 6.45) is 35.4. The van der Waals surface area contributed by atoms with E-state index in [-0.39, 0.29) is 19.4 Å². The van der Waals surface area contributed by atoms with Crippen LogP contribution in [0.3, 0.4) is 0 Å². The highest BCUT2D eigenvalue weighted by molar-refractivity contribution is 7.47. The quantitative estimate of drug-likeness (QED) is 0.0243. The Hall–Kier alpha value is -1.81. The molecule has 0 spiro atoms. The number of esters is 2. The first-order chi connectivity index (χ1) is 24.7. The van der Waals surface area contributed by atoms with Gasteiger partial charge >= 0.3 is 19.8 Å². The third kappa shape index (κ3) is 36.3. The molecule has 51 heavy (non-hydrogen) atoms. The predicted molar refractivity (Wildman–Crippen MR) is 205 cm³/mol. The van der Waals surface area contributed by atoms with E-state index < -0.39 is 51.8 Å². The van der Waals surface area contributed by atoms with E-state index in [2.05, 4.69) is 54.8 Å². The first-order valence-electron chi connectivity index (χ1n) is 19.9. The number of phosphoric ester groups is 1. The summed E-state index contributed by atoms with van der Waals surface area (Å²) in [4.78, 5) is 34.9. The van der Waals surface area contributed by atoms with E-state index in [0.29, 0.717) is 12.8 Å². The number of rotatable bonds is 37. The first kappa shape index (κ1) is 49.2. The van der Waals surface area contributed by atoms with Crippen molar-refractivity contribution >= 4 is 19.8 Å². The second-order valence-electron chi connectivity index (χ2n) is 13.3. The van der Waals surface area contributed by atoms with Crippen LogP contribution in [0.5, 0.6) is 0 Å². The van der Waals surface area contributed by atoms with Crippen LogP contribution < -0.4 is 0 Å². The maximum atomic E-state index is 12.6. The minimum atomic E-state index is -4.62. The summed E-state index contributed by atoms with van der Waals surface area (Å²) in [6, 6.07) is 0. The fourth-order valence-electron chi connectivity index (χ4n) is 5.12. The van der Waals surface area contributed by atoms with Crippen LogP contribution in [0.4, 0.5) is 0 Å². The molecular formula is C40H73O10P. The van der Waals surface area contributed by atoms with Crippen molar-refractivity contribution in [1.29, 1.82) is 0 Å². The fraction of sp³-hybridized carbons (Fsp3) is 0.800. The molecule has 0 heterocycles. The Labute approximate surface area is 310 Å². The predicted octanol–water partition coefficient (Wildman–Crippen LogP) is 10.00. The molecule has 0 aromatic heterocycles. The summed E-state index contributed by atoms with van der Waals surface area (Å²) in [5.74, 6) is -0.952. The third-order valence-corrected chi connectivity index (χ3v) is 9.22. The van der Waals surface area contributed by atoms with Crippen molar-refractivity contribution in [1.82, 2.24) is 0 Å². The molecule has 0 saturated carbocycles. The number of hydrogen-bond donors (Lipinski definition) is 3. The van der Waals surface area contributed by atoms with Crippen molar-refractivity contribution in [3.63, 3.8) is 0 Å². The van der Waals surface area contributed by atoms with Crippen LogP contribution in [0, 0.1) is 0 Å². The highest BCUT2D eigenvalue weighted by atomic mass is 31.2. The summed E-state index contributed by atoms with van der Waals surface area (Å²) in [5, 5.41) is 18.3. The minimum Gasteiger partial charge on any atom is -0.462 e. The van der Waals surface area contributed by atoms with Crippen LogP contribution in [0.1, 0.15) is 168 Å². The molecule has 0 rings (SSSR count). The van der Waals surface area contributed by atoms with Crippen LogP contribution in [0.15, 0.2) is 36.5 Å². The van der Waals surface area contributed by atoms with E-state index >= 15 is 0 Å². The van der Waals surface area contributed by atoms with Crippen LogP contribution in [0.25, 0.3) is 0 Å². The molecule has 0 aliphatic rings. The van der Waals surface area contributed by atoms with Crippen molar-refractivity contribution in [2.24, 2.45) is 0 Å². The largest absolute Gasteiger partial charge is 0.472 e. The Kier molecular flexibility index (Phi) is 35.2. The van der Waals surface area contributed by atoms with E-state index in [0.717, 1.165) is 83.5 Å². The van der Waals surface area contributed by atoms with E-state index in [4.69, 9.17) is 19.1 Å². The van der Waals surface area contributed by atoms with Gasteiger partial charge in [-0.15, -0.1) is 0 Å². The number of ether oxygens (including phenoxy) is 2. The standard InChI is InChI=1S/C40H73O10P/c1-3-5-7-9-11-13-15-17-19-21-23-25-27-29-31-39(43)47-35-38(36-49-51(45,46)48-34-37(42)33-41)50-40(44)32-30-28-26-24-22-20-18-16-14-12-10-8-6-4-2/h10,12,15-18,37-38,41-42H,3-9,11,13-14,19-36H2,1-2H3,(H,45,46)/b12-10-,17-15-,18-16-. The third-order valence-electron chi connectivity index (χ3n) is 8.27. The maximum absolute atomic E-state index is 12.6. The molecule has 0 amide bonds. The second-order valence-corrected chi connectivity index (χ2v) is 14.8. The smallest absolute Gasteiger partial charge is 0.462 e. The molecular weight excluding hydrogens is 671 g/mol. The summed E-state index contributed by atoms with van der Waals surface area (Å²) >= 11 is 0. The lowest BCUT2D eigenvalue weighted by Crippen LogP contribution is -2.29. The van der Waals surface area contributed by atoms with Crippen LogP contribution in [0.2, 0.25) is 0 Å². The molecule has 3 atom stereocenters. The molecule has 0 aliphatic heterocycles. The van der Waals surface area contributed by atoms with Gasteiger partial charge in [0.15, 0.2) is 6.10 Å². The van der Waals surface area contributed by atoms with Crippen molar-refractivity contribution in [2.75, 3.05) is 26.4 Å². The summed E-state index contributed by atoms with van der Waals surface area (Å²) in [5.41, 5.74) is 0.